The Morgan fingerprint density at radius 3 is 3.17 bits per heavy atom. The summed E-state index contributed by atoms with van der Waals surface area (Å²) in [5.74, 6) is 1.03. The molecule has 1 aromatic heterocycles. The van der Waals surface area contributed by atoms with Gasteiger partial charge in [0.15, 0.2) is 0 Å². The lowest BCUT2D eigenvalue weighted by Gasteiger charge is -2.04. The molecule has 1 aromatic rings. The standard InChI is InChI=1S/C10H14N2/c1-2-11-10-7-6-8-4-3-5-9(8)12-10/h6-7H,2-5H2,1H3,(H,11,12). The van der Waals surface area contributed by atoms with Crippen molar-refractivity contribution >= 4 is 5.82 Å². The summed E-state index contributed by atoms with van der Waals surface area (Å²) in [5.41, 5.74) is 2.74. The van der Waals surface area contributed by atoms with Crippen molar-refractivity contribution in [2.24, 2.45) is 0 Å². The van der Waals surface area contributed by atoms with Crippen LogP contribution in [-0.4, -0.2) is 11.5 Å². The summed E-state index contributed by atoms with van der Waals surface area (Å²) in [4.78, 5) is 4.53. The van der Waals surface area contributed by atoms with Gasteiger partial charge >= 0.3 is 0 Å². The third-order valence-electron chi connectivity index (χ3n) is 2.29. The Kier molecular flexibility index (Phi) is 1.98. The van der Waals surface area contributed by atoms with Crippen LogP contribution in [0.1, 0.15) is 24.6 Å². The van der Waals surface area contributed by atoms with Crippen LogP contribution in [0.3, 0.4) is 0 Å². The van der Waals surface area contributed by atoms with E-state index in [1.165, 1.54) is 24.1 Å². The Balaban J connectivity index is 2.26. The summed E-state index contributed by atoms with van der Waals surface area (Å²) < 4.78 is 0. The van der Waals surface area contributed by atoms with Gasteiger partial charge in [0.05, 0.1) is 0 Å². The average molecular weight is 162 g/mol. The first-order valence-electron chi connectivity index (χ1n) is 4.63. The Labute approximate surface area is 73.0 Å². The van der Waals surface area contributed by atoms with E-state index >= 15 is 0 Å². The number of hydrogen-bond donors (Lipinski definition) is 1. The lowest BCUT2D eigenvalue weighted by molar-refractivity contribution is 0.899. The Morgan fingerprint density at radius 1 is 1.42 bits per heavy atom. The fourth-order valence-corrected chi connectivity index (χ4v) is 1.70. The molecule has 0 saturated carbocycles. The fourth-order valence-electron chi connectivity index (χ4n) is 1.70. The zero-order chi connectivity index (χ0) is 8.39. The van der Waals surface area contributed by atoms with E-state index in [9.17, 15) is 0 Å². The van der Waals surface area contributed by atoms with Gasteiger partial charge in [0.25, 0.3) is 0 Å². The van der Waals surface area contributed by atoms with Gasteiger partial charge in [-0.3, -0.25) is 0 Å². The number of pyridine rings is 1. The molecule has 0 saturated heterocycles. The maximum absolute atomic E-state index is 4.53. The SMILES string of the molecule is CCNc1ccc2c(n1)CCC2. The lowest BCUT2D eigenvalue weighted by Crippen LogP contribution is -2.00. The molecule has 1 heterocycles. The molecule has 0 amide bonds. The largest absolute Gasteiger partial charge is 0.370 e. The van der Waals surface area contributed by atoms with E-state index in [1.807, 2.05) is 0 Å². The van der Waals surface area contributed by atoms with Crippen LogP contribution in [0.15, 0.2) is 12.1 Å². The van der Waals surface area contributed by atoms with E-state index in [1.54, 1.807) is 0 Å². The summed E-state index contributed by atoms with van der Waals surface area (Å²) in [6.45, 7) is 3.04. The van der Waals surface area contributed by atoms with Crippen LogP contribution in [0.5, 0.6) is 0 Å². The second-order valence-corrected chi connectivity index (χ2v) is 3.19. The normalized spacial score (nSPS) is 14.4. The van der Waals surface area contributed by atoms with Crippen molar-refractivity contribution in [2.75, 3.05) is 11.9 Å². The summed E-state index contributed by atoms with van der Waals surface area (Å²) in [6.07, 6.45) is 3.65. The molecule has 0 aromatic carbocycles. The predicted octanol–water partition coefficient (Wildman–Crippen LogP) is 2.00. The number of fused-ring (bicyclic) bond motifs is 1. The van der Waals surface area contributed by atoms with Crippen LogP contribution >= 0.6 is 0 Å². The van der Waals surface area contributed by atoms with Crippen LogP contribution in [-0.2, 0) is 12.8 Å². The number of aromatic nitrogens is 1. The summed E-state index contributed by atoms with van der Waals surface area (Å²) >= 11 is 0. The van der Waals surface area contributed by atoms with E-state index in [0.717, 1.165) is 18.8 Å². The molecule has 0 fully saturated rings. The molecule has 0 bridgehead atoms. The second-order valence-electron chi connectivity index (χ2n) is 3.19. The molecule has 1 aliphatic carbocycles. The third kappa shape index (κ3) is 1.29. The molecule has 64 valence electrons. The van der Waals surface area contributed by atoms with Gasteiger partial charge in [0.2, 0.25) is 0 Å². The van der Waals surface area contributed by atoms with E-state index in [-0.39, 0.29) is 0 Å². The van der Waals surface area contributed by atoms with Crippen molar-refractivity contribution in [2.45, 2.75) is 26.2 Å². The Morgan fingerprint density at radius 2 is 2.33 bits per heavy atom. The van der Waals surface area contributed by atoms with Crippen LogP contribution in [0.2, 0.25) is 0 Å². The van der Waals surface area contributed by atoms with E-state index in [4.69, 9.17) is 0 Å². The van der Waals surface area contributed by atoms with E-state index in [0.29, 0.717) is 0 Å². The quantitative estimate of drug-likeness (QED) is 0.719. The number of anilines is 1. The maximum atomic E-state index is 4.53. The van der Waals surface area contributed by atoms with E-state index < -0.39 is 0 Å². The molecule has 1 aliphatic rings. The highest BCUT2D eigenvalue weighted by Crippen LogP contribution is 2.21. The third-order valence-corrected chi connectivity index (χ3v) is 2.29. The Hall–Kier alpha value is -1.05. The molecule has 0 aliphatic heterocycles. The van der Waals surface area contributed by atoms with Crippen LogP contribution in [0.25, 0.3) is 0 Å². The molecular formula is C10H14N2. The molecule has 2 heteroatoms. The van der Waals surface area contributed by atoms with E-state index in [2.05, 4.69) is 29.4 Å². The smallest absolute Gasteiger partial charge is 0.126 e. The van der Waals surface area contributed by atoms with Gasteiger partial charge in [-0.2, -0.15) is 0 Å². The van der Waals surface area contributed by atoms with Crippen molar-refractivity contribution in [3.05, 3.63) is 23.4 Å². The van der Waals surface area contributed by atoms with Crippen LogP contribution < -0.4 is 5.32 Å². The first-order chi connectivity index (χ1) is 5.90. The van der Waals surface area contributed by atoms with Gasteiger partial charge in [-0.1, -0.05) is 6.07 Å². The predicted molar refractivity (Wildman–Crippen MR) is 50.4 cm³/mol. The number of nitrogens with zero attached hydrogens (tertiary/aromatic N) is 1. The topological polar surface area (TPSA) is 24.9 Å². The highest BCUT2D eigenvalue weighted by molar-refractivity contribution is 5.40. The second kappa shape index (κ2) is 3.13. The molecular weight excluding hydrogens is 148 g/mol. The van der Waals surface area contributed by atoms with Gasteiger partial charge in [-0.15, -0.1) is 0 Å². The fraction of sp³-hybridized carbons (Fsp3) is 0.500. The zero-order valence-electron chi connectivity index (χ0n) is 7.43. The molecule has 12 heavy (non-hydrogen) atoms. The summed E-state index contributed by atoms with van der Waals surface area (Å²) in [5, 5.41) is 3.23. The van der Waals surface area contributed by atoms with Gasteiger partial charge in [0, 0.05) is 12.2 Å². The minimum atomic E-state index is 0.950. The average Bonchev–Trinajstić information content (AvgIpc) is 2.51. The number of aryl methyl sites for hydroxylation is 2. The molecule has 1 N–H and O–H groups in total. The molecule has 2 nitrogen and oxygen atoms in total. The van der Waals surface area contributed by atoms with Crippen LogP contribution in [0.4, 0.5) is 5.82 Å². The molecule has 0 atom stereocenters. The number of nitrogens with one attached hydrogen (secondary N) is 1. The highest BCUT2D eigenvalue weighted by Gasteiger charge is 2.11. The zero-order valence-corrected chi connectivity index (χ0v) is 7.43. The van der Waals surface area contributed by atoms with Gasteiger partial charge < -0.3 is 5.32 Å². The van der Waals surface area contributed by atoms with Gasteiger partial charge in [-0.05, 0) is 37.8 Å². The lowest BCUT2D eigenvalue weighted by atomic mass is 10.2. The van der Waals surface area contributed by atoms with Gasteiger partial charge in [0.1, 0.15) is 5.82 Å². The molecule has 2 rings (SSSR count). The van der Waals surface area contributed by atoms with Crippen molar-refractivity contribution in [1.29, 1.82) is 0 Å². The van der Waals surface area contributed by atoms with Crippen LogP contribution in [0, 0.1) is 0 Å². The Bertz CT molecular complexity index is 281. The molecule has 0 unspecified atom stereocenters. The van der Waals surface area contributed by atoms with Crippen molar-refractivity contribution < 1.29 is 0 Å². The molecule has 0 spiro atoms. The monoisotopic (exact) mass is 162 g/mol. The maximum Gasteiger partial charge on any atom is 0.126 e. The number of hydrogen-bond acceptors (Lipinski definition) is 2. The summed E-state index contributed by atoms with van der Waals surface area (Å²) in [7, 11) is 0. The number of rotatable bonds is 2. The highest BCUT2D eigenvalue weighted by atomic mass is 15.0. The summed E-state index contributed by atoms with van der Waals surface area (Å²) in [6, 6.07) is 4.28. The minimum absolute atomic E-state index is 0.950. The first-order valence-corrected chi connectivity index (χ1v) is 4.63. The van der Waals surface area contributed by atoms with Crippen molar-refractivity contribution in [1.82, 2.24) is 4.98 Å². The molecule has 0 radical (unpaired) electrons. The van der Waals surface area contributed by atoms with Crippen molar-refractivity contribution in [3.8, 4) is 0 Å². The minimum Gasteiger partial charge on any atom is -0.370 e. The van der Waals surface area contributed by atoms with Crippen molar-refractivity contribution in [3.63, 3.8) is 0 Å². The van der Waals surface area contributed by atoms with Gasteiger partial charge in [-0.25, -0.2) is 4.98 Å². The first kappa shape index (κ1) is 7.59.